The molecule has 1 amide bonds. The van der Waals surface area contributed by atoms with Gasteiger partial charge in [0.2, 0.25) is 5.91 Å². The lowest BCUT2D eigenvalue weighted by molar-refractivity contribution is -0.137. The Labute approximate surface area is 127 Å². The van der Waals surface area contributed by atoms with E-state index in [1.165, 1.54) is 12.1 Å². The van der Waals surface area contributed by atoms with E-state index in [-0.39, 0.29) is 12.5 Å². The summed E-state index contributed by atoms with van der Waals surface area (Å²) in [4.78, 5) is 15.6. The van der Waals surface area contributed by atoms with Gasteiger partial charge in [-0.2, -0.15) is 13.2 Å². The van der Waals surface area contributed by atoms with Crippen LogP contribution in [0.1, 0.15) is 11.1 Å². The summed E-state index contributed by atoms with van der Waals surface area (Å²) in [6.07, 6.45) is -4.32. The zero-order valence-electron chi connectivity index (χ0n) is 12.4. The summed E-state index contributed by atoms with van der Waals surface area (Å²) in [6, 6.07) is 5.01. The van der Waals surface area contributed by atoms with Crippen LogP contribution in [-0.4, -0.2) is 55.6 Å². The van der Waals surface area contributed by atoms with Crippen molar-refractivity contribution >= 4 is 5.91 Å². The maximum atomic E-state index is 12.5. The van der Waals surface area contributed by atoms with Gasteiger partial charge in [-0.05, 0) is 24.7 Å². The molecule has 1 heterocycles. The molecular weight excluding hydrogens is 297 g/mol. The maximum absolute atomic E-state index is 12.5. The van der Waals surface area contributed by atoms with E-state index in [0.717, 1.165) is 17.7 Å². The zero-order valence-corrected chi connectivity index (χ0v) is 12.4. The smallest absolute Gasteiger partial charge is 0.378 e. The molecule has 2 rings (SSSR count). The first-order chi connectivity index (χ1) is 10.4. The van der Waals surface area contributed by atoms with Gasteiger partial charge in [0.05, 0.1) is 25.3 Å². The van der Waals surface area contributed by atoms with Gasteiger partial charge in [-0.1, -0.05) is 12.1 Å². The van der Waals surface area contributed by atoms with Crippen LogP contribution in [0, 0.1) is 0 Å². The van der Waals surface area contributed by atoms with Crippen molar-refractivity contribution < 1.29 is 22.7 Å². The summed E-state index contributed by atoms with van der Waals surface area (Å²) < 4.78 is 42.7. The lowest BCUT2D eigenvalue weighted by Crippen LogP contribution is -2.44. The fourth-order valence-corrected chi connectivity index (χ4v) is 2.31. The second-order valence-corrected chi connectivity index (χ2v) is 5.36. The van der Waals surface area contributed by atoms with Crippen molar-refractivity contribution in [2.45, 2.75) is 12.7 Å². The number of nitrogens with zero attached hydrogens (tertiary/aromatic N) is 2. The minimum absolute atomic E-state index is 0.0118. The van der Waals surface area contributed by atoms with Crippen molar-refractivity contribution in [3.63, 3.8) is 0 Å². The second kappa shape index (κ2) is 7.11. The number of rotatable bonds is 4. The van der Waals surface area contributed by atoms with E-state index in [1.807, 2.05) is 0 Å². The van der Waals surface area contributed by atoms with Gasteiger partial charge in [-0.15, -0.1) is 0 Å². The predicted molar refractivity (Wildman–Crippen MR) is 75.2 cm³/mol. The van der Waals surface area contributed by atoms with E-state index < -0.39 is 11.7 Å². The SMILES string of the molecule is CN(CC(=O)N1CCOCC1)Cc1ccc(C(F)(F)F)cc1. The van der Waals surface area contributed by atoms with Crippen LogP contribution < -0.4 is 0 Å². The monoisotopic (exact) mass is 316 g/mol. The molecule has 0 atom stereocenters. The van der Waals surface area contributed by atoms with Gasteiger partial charge >= 0.3 is 6.18 Å². The molecule has 0 bridgehead atoms. The number of morpholine rings is 1. The van der Waals surface area contributed by atoms with Crippen molar-refractivity contribution in [1.29, 1.82) is 0 Å². The van der Waals surface area contributed by atoms with Crippen LogP contribution in [0.5, 0.6) is 0 Å². The Balaban J connectivity index is 1.86. The number of likely N-dealkylation sites (N-methyl/N-ethyl adjacent to an activating group) is 1. The summed E-state index contributed by atoms with van der Waals surface area (Å²) in [5.41, 5.74) is 0.0774. The van der Waals surface area contributed by atoms with Crippen LogP contribution >= 0.6 is 0 Å². The van der Waals surface area contributed by atoms with Crippen LogP contribution in [-0.2, 0) is 22.3 Å². The molecule has 1 aliphatic rings. The van der Waals surface area contributed by atoms with E-state index >= 15 is 0 Å². The summed E-state index contributed by atoms with van der Waals surface area (Å²) in [6.45, 7) is 2.94. The molecule has 0 saturated carbocycles. The zero-order chi connectivity index (χ0) is 16.2. The highest BCUT2D eigenvalue weighted by Crippen LogP contribution is 2.29. The minimum atomic E-state index is -4.32. The molecule has 0 aliphatic carbocycles. The predicted octanol–water partition coefficient (Wildman–Crippen LogP) is 2.00. The molecule has 1 fully saturated rings. The third-order valence-electron chi connectivity index (χ3n) is 3.50. The van der Waals surface area contributed by atoms with E-state index in [4.69, 9.17) is 4.74 Å². The van der Waals surface area contributed by atoms with Crippen LogP contribution in [0.4, 0.5) is 13.2 Å². The average Bonchev–Trinajstić information content (AvgIpc) is 2.47. The van der Waals surface area contributed by atoms with Gasteiger partial charge in [0.25, 0.3) is 0 Å². The number of amides is 1. The quantitative estimate of drug-likeness (QED) is 0.852. The first kappa shape index (κ1) is 16.8. The van der Waals surface area contributed by atoms with Crippen molar-refractivity contribution in [1.82, 2.24) is 9.80 Å². The topological polar surface area (TPSA) is 32.8 Å². The van der Waals surface area contributed by atoms with Crippen LogP contribution in [0.15, 0.2) is 24.3 Å². The molecule has 122 valence electrons. The van der Waals surface area contributed by atoms with Crippen molar-refractivity contribution in [3.8, 4) is 0 Å². The lowest BCUT2D eigenvalue weighted by Gasteiger charge is -2.28. The molecule has 0 spiro atoms. The molecule has 1 aromatic rings. The number of halogens is 3. The molecule has 7 heteroatoms. The van der Waals surface area contributed by atoms with Gasteiger partial charge in [0.15, 0.2) is 0 Å². The molecule has 22 heavy (non-hydrogen) atoms. The Bertz CT molecular complexity index is 497. The van der Waals surface area contributed by atoms with E-state index in [0.29, 0.717) is 32.8 Å². The van der Waals surface area contributed by atoms with Gasteiger partial charge in [0.1, 0.15) is 0 Å². The molecule has 1 aliphatic heterocycles. The molecule has 1 aromatic carbocycles. The summed E-state index contributed by atoms with van der Waals surface area (Å²) >= 11 is 0. The largest absolute Gasteiger partial charge is 0.416 e. The Hall–Kier alpha value is -1.60. The minimum Gasteiger partial charge on any atom is -0.378 e. The van der Waals surface area contributed by atoms with Crippen molar-refractivity contribution in [2.24, 2.45) is 0 Å². The van der Waals surface area contributed by atoms with Gasteiger partial charge in [-0.3, -0.25) is 9.69 Å². The number of hydrogen-bond donors (Lipinski definition) is 0. The Morgan fingerprint density at radius 3 is 2.36 bits per heavy atom. The highest BCUT2D eigenvalue weighted by molar-refractivity contribution is 5.78. The molecule has 4 nitrogen and oxygen atoms in total. The Kier molecular flexibility index (Phi) is 5.42. The lowest BCUT2D eigenvalue weighted by atomic mass is 10.1. The van der Waals surface area contributed by atoms with Crippen LogP contribution in [0.25, 0.3) is 0 Å². The van der Waals surface area contributed by atoms with Crippen LogP contribution in [0.2, 0.25) is 0 Å². The van der Waals surface area contributed by atoms with Gasteiger partial charge in [0, 0.05) is 19.6 Å². The first-order valence-corrected chi connectivity index (χ1v) is 7.06. The second-order valence-electron chi connectivity index (χ2n) is 5.36. The van der Waals surface area contributed by atoms with Crippen molar-refractivity contribution in [3.05, 3.63) is 35.4 Å². The van der Waals surface area contributed by atoms with E-state index in [1.54, 1.807) is 16.8 Å². The number of alkyl halides is 3. The van der Waals surface area contributed by atoms with E-state index in [9.17, 15) is 18.0 Å². The number of ether oxygens (including phenoxy) is 1. The fraction of sp³-hybridized carbons (Fsp3) is 0.533. The third-order valence-corrected chi connectivity index (χ3v) is 3.50. The average molecular weight is 316 g/mol. The normalized spacial score (nSPS) is 16.1. The highest BCUT2D eigenvalue weighted by atomic mass is 19.4. The number of hydrogen-bond acceptors (Lipinski definition) is 3. The number of benzene rings is 1. The number of carbonyl (C=O) groups excluding carboxylic acids is 1. The summed E-state index contributed by atoms with van der Waals surface area (Å²) in [5, 5.41) is 0. The molecule has 0 aromatic heterocycles. The fourth-order valence-electron chi connectivity index (χ4n) is 2.31. The maximum Gasteiger partial charge on any atom is 0.416 e. The number of carbonyl (C=O) groups is 1. The molecule has 0 N–H and O–H groups in total. The molecular formula is C15H19F3N2O2. The summed E-state index contributed by atoms with van der Waals surface area (Å²) in [7, 11) is 1.77. The molecule has 0 radical (unpaired) electrons. The van der Waals surface area contributed by atoms with Gasteiger partial charge in [-0.25, -0.2) is 0 Å². The third kappa shape index (κ3) is 4.71. The first-order valence-electron chi connectivity index (χ1n) is 7.06. The van der Waals surface area contributed by atoms with Crippen LogP contribution in [0.3, 0.4) is 0 Å². The standard InChI is InChI=1S/C15H19F3N2O2/c1-19(11-14(21)20-6-8-22-9-7-20)10-12-2-4-13(5-3-12)15(16,17)18/h2-5H,6-11H2,1H3. The van der Waals surface area contributed by atoms with E-state index in [2.05, 4.69) is 0 Å². The molecule has 0 unspecified atom stereocenters. The molecule has 1 saturated heterocycles. The highest BCUT2D eigenvalue weighted by Gasteiger charge is 2.30. The summed E-state index contributed by atoms with van der Waals surface area (Å²) in [5.74, 6) is 0.0118. The Morgan fingerprint density at radius 2 is 1.82 bits per heavy atom. The van der Waals surface area contributed by atoms with Crippen molar-refractivity contribution in [2.75, 3.05) is 39.9 Å². The Morgan fingerprint density at radius 1 is 1.23 bits per heavy atom. The van der Waals surface area contributed by atoms with Gasteiger partial charge < -0.3 is 9.64 Å².